The van der Waals surface area contributed by atoms with E-state index in [4.69, 9.17) is 9.72 Å². The highest BCUT2D eigenvalue weighted by molar-refractivity contribution is 7.12. The number of hydrogen-bond acceptors (Lipinski definition) is 4. The Kier molecular flexibility index (Phi) is 5.24. The van der Waals surface area contributed by atoms with Crippen LogP contribution in [0.3, 0.4) is 0 Å². The smallest absolute Gasteiger partial charge is 0.121 e. The van der Waals surface area contributed by atoms with Gasteiger partial charge in [0, 0.05) is 28.9 Å². The standard InChI is InChI=1S/C18H26N2OS/c1-12-11-14(7-8-15(12)21-6)17-13(2)22-16(20-17)9-10-19-18(3,4)5/h7-8,11,19H,9-10H2,1-6H3. The summed E-state index contributed by atoms with van der Waals surface area (Å²) in [7, 11) is 1.70. The van der Waals surface area contributed by atoms with Gasteiger partial charge in [0.15, 0.2) is 0 Å². The molecule has 0 fully saturated rings. The molecule has 4 heteroatoms. The van der Waals surface area contributed by atoms with Crippen LogP contribution >= 0.6 is 11.3 Å². The monoisotopic (exact) mass is 318 g/mol. The quantitative estimate of drug-likeness (QED) is 0.889. The molecule has 0 aliphatic rings. The molecule has 0 atom stereocenters. The minimum Gasteiger partial charge on any atom is -0.496 e. The number of nitrogens with one attached hydrogen (secondary N) is 1. The number of aromatic nitrogens is 1. The van der Waals surface area contributed by atoms with Crippen molar-refractivity contribution in [2.45, 2.75) is 46.6 Å². The largest absolute Gasteiger partial charge is 0.496 e. The molecule has 0 amide bonds. The fourth-order valence-corrected chi connectivity index (χ4v) is 3.35. The summed E-state index contributed by atoms with van der Waals surface area (Å²) < 4.78 is 5.33. The second-order valence-electron chi connectivity index (χ2n) is 6.62. The third-order valence-corrected chi connectivity index (χ3v) is 4.53. The maximum atomic E-state index is 5.33. The maximum Gasteiger partial charge on any atom is 0.121 e. The Hall–Kier alpha value is -1.39. The second kappa shape index (κ2) is 6.80. The molecule has 1 heterocycles. The van der Waals surface area contributed by atoms with Crippen molar-refractivity contribution in [1.29, 1.82) is 0 Å². The van der Waals surface area contributed by atoms with Crippen LogP contribution in [0.2, 0.25) is 0 Å². The fourth-order valence-electron chi connectivity index (χ4n) is 2.40. The molecule has 2 aromatic rings. The van der Waals surface area contributed by atoms with E-state index in [0.29, 0.717) is 0 Å². The van der Waals surface area contributed by atoms with Crippen molar-refractivity contribution in [3.05, 3.63) is 33.6 Å². The highest BCUT2D eigenvalue weighted by Gasteiger charge is 2.13. The average Bonchev–Trinajstić information content (AvgIpc) is 2.78. The Balaban J connectivity index is 2.14. The number of rotatable bonds is 5. The number of benzene rings is 1. The van der Waals surface area contributed by atoms with E-state index in [1.165, 1.54) is 15.4 Å². The summed E-state index contributed by atoms with van der Waals surface area (Å²) in [5, 5.41) is 4.71. The van der Waals surface area contributed by atoms with Crippen LogP contribution in [0.15, 0.2) is 18.2 Å². The van der Waals surface area contributed by atoms with Crippen molar-refractivity contribution in [3.63, 3.8) is 0 Å². The highest BCUT2D eigenvalue weighted by atomic mass is 32.1. The lowest BCUT2D eigenvalue weighted by atomic mass is 10.1. The normalized spacial score (nSPS) is 11.7. The molecular weight excluding hydrogens is 292 g/mol. The van der Waals surface area contributed by atoms with Gasteiger partial charge in [-0.25, -0.2) is 4.98 Å². The Morgan fingerprint density at radius 3 is 2.55 bits per heavy atom. The van der Waals surface area contributed by atoms with Gasteiger partial charge in [0.1, 0.15) is 5.75 Å². The molecule has 0 aliphatic carbocycles. The molecule has 0 saturated carbocycles. The first kappa shape index (κ1) is 17.0. The van der Waals surface area contributed by atoms with Gasteiger partial charge in [0.25, 0.3) is 0 Å². The van der Waals surface area contributed by atoms with Crippen molar-refractivity contribution in [1.82, 2.24) is 10.3 Å². The van der Waals surface area contributed by atoms with E-state index in [0.717, 1.165) is 30.0 Å². The van der Waals surface area contributed by atoms with E-state index in [2.05, 4.69) is 52.1 Å². The number of nitrogens with zero attached hydrogens (tertiary/aromatic N) is 1. The highest BCUT2D eigenvalue weighted by Crippen LogP contribution is 2.30. The van der Waals surface area contributed by atoms with Gasteiger partial charge >= 0.3 is 0 Å². The van der Waals surface area contributed by atoms with Gasteiger partial charge in [-0.2, -0.15) is 0 Å². The first-order valence-electron chi connectivity index (χ1n) is 7.66. The summed E-state index contributed by atoms with van der Waals surface area (Å²) in [6, 6.07) is 6.26. The third kappa shape index (κ3) is 4.31. The van der Waals surface area contributed by atoms with Gasteiger partial charge in [-0.05, 0) is 58.4 Å². The minimum atomic E-state index is 0.155. The van der Waals surface area contributed by atoms with Gasteiger partial charge in [-0.3, -0.25) is 0 Å². The number of thiazole rings is 1. The average molecular weight is 318 g/mol. The molecule has 0 unspecified atom stereocenters. The van der Waals surface area contributed by atoms with E-state index >= 15 is 0 Å². The van der Waals surface area contributed by atoms with Crippen LogP contribution in [0.5, 0.6) is 5.75 Å². The Morgan fingerprint density at radius 1 is 1.23 bits per heavy atom. The molecule has 2 rings (SSSR count). The van der Waals surface area contributed by atoms with E-state index in [1.54, 1.807) is 18.4 Å². The molecular formula is C18H26N2OS. The Labute approximate surface area is 137 Å². The lowest BCUT2D eigenvalue weighted by Gasteiger charge is -2.19. The van der Waals surface area contributed by atoms with Gasteiger partial charge in [0.05, 0.1) is 17.8 Å². The van der Waals surface area contributed by atoms with E-state index in [-0.39, 0.29) is 5.54 Å². The van der Waals surface area contributed by atoms with Crippen molar-refractivity contribution >= 4 is 11.3 Å². The summed E-state index contributed by atoms with van der Waals surface area (Å²) in [4.78, 5) is 6.11. The molecule has 1 aromatic heterocycles. The van der Waals surface area contributed by atoms with E-state index in [9.17, 15) is 0 Å². The molecule has 120 valence electrons. The topological polar surface area (TPSA) is 34.1 Å². The predicted molar refractivity (Wildman–Crippen MR) is 95.0 cm³/mol. The first-order valence-corrected chi connectivity index (χ1v) is 8.48. The number of methoxy groups -OCH3 is 1. The summed E-state index contributed by atoms with van der Waals surface area (Å²) in [5.74, 6) is 0.922. The number of hydrogen-bond donors (Lipinski definition) is 1. The van der Waals surface area contributed by atoms with Crippen molar-refractivity contribution < 1.29 is 4.74 Å². The zero-order chi connectivity index (χ0) is 16.3. The molecule has 1 N–H and O–H groups in total. The molecule has 3 nitrogen and oxygen atoms in total. The van der Waals surface area contributed by atoms with E-state index in [1.807, 2.05) is 6.07 Å². The van der Waals surface area contributed by atoms with E-state index < -0.39 is 0 Å². The zero-order valence-corrected chi connectivity index (χ0v) is 15.2. The fraction of sp³-hybridized carbons (Fsp3) is 0.500. The summed E-state index contributed by atoms with van der Waals surface area (Å²) in [6.45, 7) is 11.7. The molecule has 1 aromatic carbocycles. The second-order valence-corrected chi connectivity index (χ2v) is 7.91. The molecule has 0 aliphatic heterocycles. The zero-order valence-electron chi connectivity index (χ0n) is 14.4. The molecule has 0 bridgehead atoms. The SMILES string of the molecule is COc1ccc(-c2nc(CCNC(C)(C)C)sc2C)cc1C. The van der Waals surface area contributed by atoms with Crippen LogP contribution in [0, 0.1) is 13.8 Å². The minimum absolute atomic E-state index is 0.155. The van der Waals surface area contributed by atoms with Crippen LogP contribution in [0.1, 0.15) is 36.2 Å². The van der Waals surface area contributed by atoms with Gasteiger partial charge < -0.3 is 10.1 Å². The van der Waals surface area contributed by atoms with Crippen LogP contribution in [0.25, 0.3) is 11.3 Å². The van der Waals surface area contributed by atoms with Gasteiger partial charge in [-0.15, -0.1) is 11.3 Å². The van der Waals surface area contributed by atoms with Gasteiger partial charge in [0.2, 0.25) is 0 Å². The van der Waals surface area contributed by atoms with Crippen LogP contribution < -0.4 is 10.1 Å². The molecule has 22 heavy (non-hydrogen) atoms. The predicted octanol–water partition coefficient (Wildman–Crippen LogP) is 4.37. The Bertz CT molecular complexity index is 641. The van der Waals surface area contributed by atoms with Crippen molar-refractivity contribution in [2.75, 3.05) is 13.7 Å². The number of ether oxygens (including phenoxy) is 1. The number of aryl methyl sites for hydroxylation is 2. The van der Waals surface area contributed by atoms with Crippen molar-refractivity contribution in [3.8, 4) is 17.0 Å². The molecule has 0 saturated heterocycles. The summed E-state index contributed by atoms with van der Waals surface area (Å²) >= 11 is 1.79. The van der Waals surface area contributed by atoms with Gasteiger partial charge in [-0.1, -0.05) is 0 Å². The van der Waals surface area contributed by atoms with Crippen LogP contribution in [0.4, 0.5) is 0 Å². The lowest BCUT2D eigenvalue weighted by molar-refractivity contribution is 0.412. The van der Waals surface area contributed by atoms with Crippen LogP contribution in [-0.2, 0) is 6.42 Å². The van der Waals surface area contributed by atoms with Crippen molar-refractivity contribution in [2.24, 2.45) is 0 Å². The van der Waals surface area contributed by atoms with Crippen LogP contribution in [-0.4, -0.2) is 24.2 Å². The summed E-state index contributed by atoms with van der Waals surface area (Å²) in [6.07, 6.45) is 0.970. The molecule has 0 radical (unpaired) electrons. The lowest BCUT2D eigenvalue weighted by Crippen LogP contribution is -2.37. The first-order chi connectivity index (χ1) is 10.3. The summed E-state index contributed by atoms with van der Waals surface area (Å²) in [5.41, 5.74) is 3.56. The maximum absolute atomic E-state index is 5.33. The third-order valence-electron chi connectivity index (χ3n) is 3.50. The Morgan fingerprint density at radius 2 is 1.95 bits per heavy atom. The molecule has 0 spiro atoms.